The predicted octanol–water partition coefficient (Wildman–Crippen LogP) is 2.79. The van der Waals surface area contributed by atoms with Crippen LogP contribution in [0.2, 0.25) is 0 Å². The van der Waals surface area contributed by atoms with E-state index in [0.29, 0.717) is 12.3 Å². The zero-order valence-electron chi connectivity index (χ0n) is 14.7. The summed E-state index contributed by atoms with van der Waals surface area (Å²) in [5.41, 5.74) is 1.17. The van der Waals surface area contributed by atoms with Gasteiger partial charge in [0.05, 0.1) is 6.54 Å². The van der Waals surface area contributed by atoms with Crippen LogP contribution in [0.15, 0.2) is 53.8 Å². The van der Waals surface area contributed by atoms with Crippen molar-refractivity contribution >= 4 is 5.96 Å². The summed E-state index contributed by atoms with van der Waals surface area (Å²) in [5, 5.41) is 6.50. The fourth-order valence-electron chi connectivity index (χ4n) is 2.24. The molecule has 5 nitrogen and oxygen atoms in total. The molecule has 1 heterocycles. The van der Waals surface area contributed by atoms with Gasteiger partial charge in [-0.1, -0.05) is 12.1 Å². The first-order valence-corrected chi connectivity index (χ1v) is 8.50. The normalized spacial score (nSPS) is 12.5. The number of nitrogens with one attached hydrogen (secondary N) is 2. The van der Waals surface area contributed by atoms with Gasteiger partial charge in [0.1, 0.15) is 17.7 Å². The summed E-state index contributed by atoms with van der Waals surface area (Å²) in [5.74, 6) is 0.942. The number of hydrogen-bond acceptors (Lipinski definition) is 3. The van der Waals surface area contributed by atoms with E-state index < -0.39 is 0 Å². The Morgan fingerprint density at radius 2 is 2.16 bits per heavy atom. The topological polar surface area (TPSA) is 58.5 Å². The highest BCUT2D eigenvalue weighted by Crippen LogP contribution is 2.13. The van der Waals surface area contributed by atoms with Crippen LogP contribution in [0.3, 0.4) is 0 Å². The maximum atomic E-state index is 13.2. The van der Waals surface area contributed by atoms with Gasteiger partial charge in [0.2, 0.25) is 0 Å². The summed E-state index contributed by atoms with van der Waals surface area (Å²) in [4.78, 5) is 8.63. The molecule has 0 saturated carbocycles. The molecule has 0 aliphatic rings. The van der Waals surface area contributed by atoms with Crippen molar-refractivity contribution in [2.24, 2.45) is 4.99 Å². The molecule has 0 bridgehead atoms. The Labute approximate surface area is 148 Å². The quantitative estimate of drug-likeness (QED) is 0.571. The maximum Gasteiger partial charge on any atom is 0.191 e. The summed E-state index contributed by atoms with van der Waals surface area (Å²) in [6.07, 6.45) is 4.34. The van der Waals surface area contributed by atoms with Crippen molar-refractivity contribution in [2.75, 3.05) is 19.6 Å². The number of ether oxygens (including phenoxy) is 1. The molecule has 0 radical (unpaired) electrons. The zero-order chi connectivity index (χ0) is 17.9. The van der Waals surface area contributed by atoms with E-state index in [2.05, 4.69) is 20.6 Å². The average molecular weight is 344 g/mol. The number of halogens is 1. The monoisotopic (exact) mass is 344 g/mol. The maximum absolute atomic E-state index is 13.2. The van der Waals surface area contributed by atoms with Gasteiger partial charge in [-0.2, -0.15) is 0 Å². The molecule has 1 unspecified atom stereocenters. The van der Waals surface area contributed by atoms with Crippen LogP contribution in [0.25, 0.3) is 0 Å². The number of aliphatic imine (C=N–C) groups is 1. The summed E-state index contributed by atoms with van der Waals surface area (Å²) in [6, 6.07) is 10.1. The van der Waals surface area contributed by atoms with E-state index in [1.165, 1.54) is 17.7 Å². The van der Waals surface area contributed by atoms with Crippen molar-refractivity contribution in [3.8, 4) is 5.75 Å². The van der Waals surface area contributed by atoms with Crippen molar-refractivity contribution in [3.05, 3.63) is 60.2 Å². The van der Waals surface area contributed by atoms with Gasteiger partial charge in [0.15, 0.2) is 5.96 Å². The molecule has 1 aromatic heterocycles. The van der Waals surface area contributed by atoms with Crippen LogP contribution >= 0.6 is 0 Å². The average Bonchev–Trinajstić information content (AvgIpc) is 2.60. The van der Waals surface area contributed by atoms with Crippen molar-refractivity contribution in [3.63, 3.8) is 0 Å². The van der Waals surface area contributed by atoms with Gasteiger partial charge in [0, 0.05) is 31.5 Å². The molecule has 2 N–H and O–H groups in total. The minimum atomic E-state index is -0.307. The van der Waals surface area contributed by atoms with E-state index in [0.717, 1.165) is 25.5 Å². The molecule has 134 valence electrons. The Kier molecular flexibility index (Phi) is 7.69. The van der Waals surface area contributed by atoms with E-state index >= 15 is 0 Å². The van der Waals surface area contributed by atoms with Crippen LogP contribution < -0.4 is 15.4 Å². The van der Waals surface area contributed by atoms with Crippen molar-refractivity contribution in [1.29, 1.82) is 0 Å². The first-order chi connectivity index (χ1) is 12.2. The molecule has 25 heavy (non-hydrogen) atoms. The molecular weight excluding hydrogens is 319 g/mol. The molecular formula is C19H25FN4O. The Morgan fingerprint density at radius 1 is 1.28 bits per heavy atom. The summed E-state index contributed by atoms with van der Waals surface area (Å²) in [6.45, 7) is 5.94. The smallest absolute Gasteiger partial charge is 0.191 e. The predicted molar refractivity (Wildman–Crippen MR) is 98.4 cm³/mol. The highest BCUT2D eigenvalue weighted by atomic mass is 19.1. The zero-order valence-corrected chi connectivity index (χ0v) is 14.7. The second-order valence-corrected chi connectivity index (χ2v) is 5.64. The molecule has 1 aromatic carbocycles. The number of hydrogen-bond donors (Lipinski definition) is 2. The van der Waals surface area contributed by atoms with E-state index in [-0.39, 0.29) is 11.9 Å². The minimum Gasteiger partial charge on any atom is -0.489 e. The molecule has 1 atom stereocenters. The van der Waals surface area contributed by atoms with Crippen LogP contribution in [-0.4, -0.2) is 36.7 Å². The van der Waals surface area contributed by atoms with E-state index in [1.807, 2.05) is 32.2 Å². The molecule has 0 aliphatic carbocycles. The lowest BCUT2D eigenvalue weighted by molar-refractivity contribution is 0.229. The Balaban J connectivity index is 1.81. The van der Waals surface area contributed by atoms with Crippen LogP contribution in [0.1, 0.15) is 19.4 Å². The standard InChI is InChI=1S/C19H25FN4O/c1-3-22-19(23-11-9-16-6-5-10-21-14-16)24-13-15(2)25-18-8-4-7-17(20)12-18/h4-8,10,12,14-15H,3,9,11,13H2,1-2H3,(H2,22,23,24). The molecule has 0 saturated heterocycles. The van der Waals surface area contributed by atoms with E-state index in [4.69, 9.17) is 4.74 Å². The fraction of sp³-hybridized carbons (Fsp3) is 0.368. The second kappa shape index (κ2) is 10.3. The Hall–Kier alpha value is -2.63. The van der Waals surface area contributed by atoms with E-state index in [1.54, 1.807) is 18.3 Å². The van der Waals surface area contributed by atoms with E-state index in [9.17, 15) is 4.39 Å². The van der Waals surface area contributed by atoms with Gasteiger partial charge < -0.3 is 15.4 Å². The summed E-state index contributed by atoms with van der Waals surface area (Å²) < 4.78 is 18.9. The lowest BCUT2D eigenvalue weighted by Gasteiger charge is -2.15. The SMILES string of the molecule is CCNC(=NCC(C)Oc1cccc(F)c1)NCCc1cccnc1. The van der Waals surface area contributed by atoms with Crippen LogP contribution in [-0.2, 0) is 6.42 Å². The fourth-order valence-corrected chi connectivity index (χ4v) is 2.24. The molecule has 0 spiro atoms. The van der Waals surface area contributed by atoms with Crippen LogP contribution in [0, 0.1) is 5.82 Å². The third-order valence-electron chi connectivity index (χ3n) is 3.41. The van der Waals surface area contributed by atoms with Crippen molar-refractivity contribution in [2.45, 2.75) is 26.4 Å². The largest absolute Gasteiger partial charge is 0.489 e. The molecule has 2 aromatic rings. The van der Waals surface area contributed by atoms with Crippen molar-refractivity contribution < 1.29 is 9.13 Å². The number of benzene rings is 1. The Morgan fingerprint density at radius 3 is 2.88 bits per heavy atom. The highest BCUT2D eigenvalue weighted by molar-refractivity contribution is 5.79. The van der Waals surface area contributed by atoms with Crippen molar-refractivity contribution in [1.82, 2.24) is 15.6 Å². The number of aromatic nitrogens is 1. The number of pyridine rings is 1. The number of nitrogens with zero attached hydrogens (tertiary/aromatic N) is 2. The Bertz CT molecular complexity index is 663. The minimum absolute atomic E-state index is 0.157. The van der Waals surface area contributed by atoms with Gasteiger partial charge in [-0.15, -0.1) is 0 Å². The molecule has 0 fully saturated rings. The summed E-state index contributed by atoms with van der Waals surface area (Å²) >= 11 is 0. The highest BCUT2D eigenvalue weighted by Gasteiger charge is 2.05. The second-order valence-electron chi connectivity index (χ2n) is 5.64. The molecule has 0 aliphatic heterocycles. The molecule has 2 rings (SSSR count). The first kappa shape index (κ1) is 18.7. The van der Waals surface area contributed by atoms with Crippen LogP contribution in [0.5, 0.6) is 5.75 Å². The number of rotatable bonds is 8. The van der Waals surface area contributed by atoms with Gasteiger partial charge >= 0.3 is 0 Å². The lowest BCUT2D eigenvalue weighted by Crippen LogP contribution is -2.39. The third-order valence-corrected chi connectivity index (χ3v) is 3.41. The number of guanidine groups is 1. The van der Waals surface area contributed by atoms with Gasteiger partial charge in [-0.25, -0.2) is 9.38 Å². The van der Waals surface area contributed by atoms with Gasteiger partial charge in [-0.3, -0.25) is 4.98 Å². The van der Waals surface area contributed by atoms with Gasteiger partial charge in [0.25, 0.3) is 0 Å². The van der Waals surface area contributed by atoms with Crippen LogP contribution in [0.4, 0.5) is 4.39 Å². The third kappa shape index (κ3) is 7.20. The first-order valence-electron chi connectivity index (χ1n) is 8.50. The molecule has 0 amide bonds. The summed E-state index contributed by atoms with van der Waals surface area (Å²) in [7, 11) is 0. The molecule has 6 heteroatoms. The lowest BCUT2D eigenvalue weighted by atomic mass is 10.2. The van der Waals surface area contributed by atoms with Gasteiger partial charge in [-0.05, 0) is 44.0 Å².